The molecule has 4 rings (SSSR count). The molecular formula is C26H34N2O4. The van der Waals surface area contributed by atoms with Crippen LogP contribution in [0.5, 0.6) is 11.5 Å². The molecule has 0 radical (unpaired) electrons. The van der Waals surface area contributed by atoms with E-state index in [9.17, 15) is 14.7 Å². The standard InChI is InChI=1S/C26H34N2O4/c1-5-32-21-13-17(9-10-19(21)29)23-22(25(31)28-11-7-6-8-12-28)16(2)27-18-14-26(3,4)15-20(30)24(18)23/h9-10,13,22-23,27,29H,2,5-8,11-12,14-15H2,1,3-4H3. The van der Waals surface area contributed by atoms with Crippen molar-refractivity contribution < 1.29 is 19.4 Å². The summed E-state index contributed by atoms with van der Waals surface area (Å²) in [5, 5.41) is 13.6. The predicted octanol–water partition coefficient (Wildman–Crippen LogP) is 4.26. The second-order valence-electron chi connectivity index (χ2n) is 9.98. The van der Waals surface area contributed by atoms with Crippen molar-refractivity contribution in [2.24, 2.45) is 11.3 Å². The van der Waals surface area contributed by atoms with E-state index in [0.29, 0.717) is 30.0 Å². The zero-order valence-electron chi connectivity index (χ0n) is 19.4. The van der Waals surface area contributed by atoms with Gasteiger partial charge < -0.3 is 20.1 Å². The lowest BCUT2D eigenvalue weighted by molar-refractivity contribution is -0.136. The number of phenolic OH excluding ortho intramolecular Hbond substituents is 1. The maximum atomic E-state index is 13.7. The third-order valence-electron chi connectivity index (χ3n) is 6.83. The molecule has 1 aromatic rings. The third-order valence-corrected chi connectivity index (χ3v) is 6.83. The first-order valence-electron chi connectivity index (χ1n) is 11.7. The Morgan fingerprint density at radius 3 is 2.66 bits per heavy atom. The van der Waals surface area contributed by atoms with Gasteiger partial charge in [-0.25, -0.2) is 0 Å². The molecule has 0 saturated carbocycles. The van der Waals surface area contributed by atoms with Gasteiger partial charge in [-0.3, -0.25) is 9.59 Å². The molecule has 1 fully saturated rings. The summed E-state index contributed by atoms with van der Waals surface area (Å²) >= 11 is 0. The monoisotopic (exact) mass is 438 g/mol. The van der Waals surface area contributed by atoms with Gasteiger partial charge in [-0.2, -0.15) is 0 Å². The number of nitrogens with one attached hydrogen (secondary N) is 1. The number of aromatic hydroxyl groups is 1. The Morgan fingerprint density at radius 2 is 1.97 bits per heavy atom. The van der Waals surface area contributed by atoms with E-state index in [0.717, 1.165) is 50.0 Å². The van der Waals surface area contributed by atoms with Gasteiger partial charge in [0.15, 0.2) is 17.3 Å². The molecule has 1 amide bonds. The van der Waals surface area contributed by atoms with E-state index in [2.05, 4.69) is 25.7 Å². The number of rotatable bonds is 4. The van der Waals surface area contributed by atoms with E-state index >= 15 is 0 Å². The molecule has 172 valence electrons. The zero-order chi connectivity index (χ0) is 23.0. The highest BCUT2D eigenvalue weighted by atomic mass is 16.5. The van der Waals surface area contributed by atoms with Crippen molar-refractivity contribution >= 4 is 11.7 Å². The number of allylic oxidation sites excluding steroid dienone is 2. The normalized spacial score (nSPS) is 25.3. The smallest absolute Gasteiger partial charge is 0.232 e. The van der Waals surface area contributed by atoms with Crippen molar-refractivity contribution in [1.29, 1.82) is 0 Å². The van der Waals surface area contributed by atoms with Gasteiger partial charge in [-0.05, 0) is 55.7 Å². The average molecular weight is 439 g/mol. The molecule has 6 nitrogen and oxygen atoms in total. The fourth-order valence-corrected chi connectivity index (χ4v) is 5.40. The van der Waals surface area contributed by atoms with Crippen molar-refractivity contribution in [1.82, 2.24) is 10.2 Å². The van der Waals surface area contributed by atoms with Gasteiger partial charge in [0.05, 0.1) is 12.5 Å². The molecular weight excluding hydrogens is 404 g/mol. The lowest BCUT2D eigenvalue weighted by Crippen LogP contribution is -2.48. The summed E-state index contributed by atoms with van der Waals surface area (Å²) < 4.78 is 5.62. The van der Waals surface area contributed by atoms with Gasteiger partial charge >= 0.3 is 0 Å². The summed E-state index contributed by atoms with van der Waals surface area (Å²) in [7, 11) is 0. The summed E-state index contributed by atoms with van der Waals surface area (Å²) in [6.07, 6.45) is 4.30. The summed E-state index contributed by atoms with van der Waals surface area (Å²) in [5.41, 5.74) is 2.84. The van der Waals surface area contributed by atoms with Crippen molar-refractivity contribution in [3.05, 3.63) is 47.3 Å². The van der Waals surface area contributed by atoms with E-state index in [1.165, 1.54) is 0 Å². The summed E-state index contributed by atoms with van der Waals surface area (Å²) in [5.74, 6) is -0.518. The fourth-order valence-electron chi connectivity index (χ4n) is 5.40. The minimum absolute atomic E-state index is 0.0161. The summed E-state index contributed by atoms with van der Waals surface area (Å²) in [6.45, 7) is 12.2. The van der Waals surface area contributed by atoms with Crippen molar-refractivity contribution in [3.63, 3.8) is 0 Å². The maximum Gasteiger partial charge on any atom is 0.232 e. The molecule has 1 saturated heterocycles. The highest BCUT2D eigenvalue weighted by Gasteiger charge is 2.47. The van der Waals surface area contributed by atoms with Crippen LogP contribution in [0.1, 0.15) is 64.4 Å². The van der Waals surface area contributed by atoms with E-state index in [-0.39, 0.29) is 22.9 Å². The fraction of sp³-hybridized carbons (Fsp3) is 0.538. The van der Waals surface area contributed by atoms with Crippen molar-refractivity contribution in [2.45, 2.75) is 58.8 Å². The third kappa shape index (κ3) is 4.15. The minimum atomic E-state index is -0.573. The van der Waals surface area contributed by atoms with E-state index < -0.39 is 11.8 Å². The number of benzene rings is 1. The topological polar surface area (TPSA) is 78.9 Å². The quantitative estimate of drug-likeness (QED) is 0.734. The Labute approximate surface area is 190 Å². The van der Waals surface area contributed by atoms with Crippen LogP contribution in [0.15, 0.2) is 41.7 Å². The average Bonchev–Trinajstić information content (AvgIpc) is 2.74. The number of phenols is 1. The van der Waals surface area contributed by atoms with Gasteiger partial charge in [0.2, 0.25) is 5.91 Å². The van der Waals surface area contributed by atoms with Crippen LogP contribution in [-0.4, -0.2) is 41.4 Å². The Hall–Kier alpha value is -2.76. The molecule has 6 heteroatoms. The number of piperidine rings is 1. The molecule has 2 N–H and O–H groups in total. The highest BCUT2D eigenvalue weighted by molar-refractivity contribution is 6.01. The van der Waals surface area contributed by atoms with E-state index in [4.69, 9.17) is 4.74 Å². The molecule has 0 spiro atoms. The summed E-state index contributed by atoms with van der Waals surface area (Å²) in [6, 6.07) is 5.16. The largest absolute Gasteiger partial charge is 0.504 e. The minimum Gasteiger partial charge on any atom is -0.504 e. The van der Waals surface area contributed by atoms with E-state index in [1.807, 2.05) is 11.8 Å². The Balaban J connectivity index is 1.83. The van der Waals surface area contributed by atoms with Gasteiger partial charge in [0.25, 0.3) is 0 Å². The highest BCUT2D eigenvalue weighted by Crippen LogP contribution is 2.49. The Bertz CT molecular complexity index is 972. The number of ketones is 1. The number of carbonyl (C=O) groups is 2. The first kappa shape index (κ1) is 22.4. The van der Waals surface area contributed by atoms with Crippen molar-refractivity contribution in [2.75, 3.05) is 19.7 Å². The summed E-state index contributed by atoms with van der Waals surface area (Å²) in [4.78, 5) is 29.1. The van der Waals surface area contributed by atoms with Gasteiger partial charge in [-0.1, -0.05) is 26.5 Å². The Kier molecular flexibility index (Phi) is 6.06. The zero-order valence-corrected chi connectivity index (χ0v) is 19.4. The van der Waals surface area contributed by atoms with Crippen LogP contribution in [0.2, 0.25) is 0 Å². The number of amides is 1. The van der Waals surface area contributed by atoms with Crippen molar-refractivity contribution in [3.8, 4) is 11.5 Å². The van der Waals surface area contributed by atoms with Crippen LogP contribution in [0, 0.1) is 11.3 Å². The molecule has 2 heterocycles. The maximum absolute atomic E-state index is 13.7. The molecule has 1 aromatic carbocycles. The second-order valence-corrected chi connectivity index (χ2v) is 9.98. The van der Waals surface area contributed by atoms with Crippen LogP contribution in [-0.2, 0) is 9.59 Å². The number of nitrogens with zero attached hydrogens (tertiary/aromatic N) is 1. The van der Waals surface area contributed by atoms with E-state index in [1.54, 1.807) is 18.2 Å². The molecule has 0 aromatic heterocycles. The molecule has 2 aliphatic heterocycles. The van der Waals surface area contributed by atoms with Gasteiger partial charge in [0, 0.05) is 42.4 Å². The lowest BCUT2D eigenvalue weighted by Gasteiger charge is -2.44. The number of carbonyl (C=O) groups excluding carboxylic acids is 2. The first-order valence-corrected chi connectivity index (χ1v) is 11.7. The van der Waals surface area contributed by atoms with Crippen LogP contribution >= 0.6 is 0 Å². The van der Waals surface area contributed by atoms with Crippen LogP contribution in [0.4, 0.5) is 0 Å². The van der Waals surface area contributed by atoms with Crippen LogP contribution in [0.3, 0.4) is 0 Å². The van der Waals surface area contributed by atoms with Gasteiger partial charge in [-0.15, -0.1) is 0 Å². The molecule has 0 bridgehead atoms. The molecule has 2 unspecified atom stereocenters. The number of likely N-dealkylation sites (tertiary alicyclic amines) is 1. The SMILES string of the molecule is C=C1NC2=C(C(=O)CC(C)(C)C2)C(c2ccc(O)c(OCC)c2)C1C(=O)N1CCCCC1. The second kappa shape index (κ2) is 8.64. The molecule has 1 aliphatic carbocycles. The van der Waals surface area contributed by atoms with Gasteiger partial charge in [0.1, 0.15) is 0 Å². The van der Waals surface area contributed by atoms with Crippen LogP contribution in [0.25, 0.3) is 0 Å². The Morgan fingerprint density at radius 1 is 1.25 bits per heavy atom. The number of Topliss-reactive ketones (excluding diaryl/α,β-unsaturated/α-hetero) is 1. The molecule has 32 heavy (non-hydrogen) atoms. The molecule has 3 aliphatic rings. The first-order chi connectivity index (χ1) is 15.2. The number of hydrogen-bond acceptors (Lipinski definition) is 5. The predicted molar refractivity (Wildman–Crippen MR) is 123 cm³/mol. The number of hydrogen-bond donors (Lipinski definition) is 2. The van der Waals surface area contributed by atoms with Crippen LogP contribution < -0.4 is 10.1 Å². The molecule has 2 atom stereocenters. The number of ether oxygens (including phenoxy) is 1. The lowest BCUT2D eigenvalue weighted by atomic mass is 9.66.